The predicted octanol–water partition coefficient (Wildman–Crippen LogP) is 5.19. The molecular formula is C31H46N4O4. The molecule has 1 aliphatic heterocycles. The molecule has 1 fully saturated rings. The van der Waals surface area contributed by atoms with Gasteiger partial charge in [-0.25, -0.2) is 0 Å². The molecule has 1 atom stereocenters. The van der Waals surface area contributed by atoms with Crippen LogP contribution in [0.3, 0.4) is 0 Å². The quantitative estimate of drug-likeness (QED) is 0.362. The molecule has 8 heteroatoms. The number of anilines is 3. The highest BCUT2D eigenvalue weighted by molar-refractivity contribution is 6.02. The van der Waals surface area contributed by atoms with Crippen molar-refractivity contribution >= 4 is 28.9 Å². The monoisotopic (exact) mass is 538 g/mol. The smallest absolute Gasteiger partial charge is 0.253 e. The molecule has 39 heavy (non-hydrogen) atoms. The summed E-state index contributed by atoms with van der Waals surface area (Å²) < 4.78 is 10.7. The Kier molecular flexibility index (Phi) is 11.0. The Hall–Kier alpha value is -3.26. The molecule has 3 rings (SSSR count). The summed E-state index contributed by atoms with van der Waals surface area (Å²) in [4.78, 5) is 30.6. The van der Waals surface area contributed by atoms with Gasteiger partial charge in [0.15, 0.2) is 0 Å². The predicted molar refractivity (Wildman–Crippen MR) is 159 cm³/mol. The van der Waals surface area contributed by atoms with Crippen molar-refractivity contribution in [2.75, 3.05) is 68.7 Å². The third kappa shape index (κ3) is 9.17. The Morgan fingerprint density at radius 1 is 0.974 bits per heavy atom. The minimum absolute atomic E-state index is 0.0311. The average Bonchev–Trinajstić information content (AvgIpc) is 2.90. The lowest BCUT2D eigenvalue weighted by molar-refractivity contribution is -0.117. The molecule has 2 aromatic carbocycles. The summed E-state index contributed by atoms with van der Waals surface area (Å²) in [5, 5.41) is 6.04. The number of carbonyl (C=O) groups excluding carboxylic acids is 2. The Bertz CT molecular complexity index is 1090. The number of nitrogens with zero attached hydrogens (tertiary/aromatic N) is 2. The van der Waals surface area contributed by atoms with Crippen molar-refractivity contribution in [2.24, 2.45) is 11.3 Å². The Balaban J connectivity index is 1.74. The molecule has 2 aromatic rings. The fourth-order valence-electron chi connectivity index (χ4n) is 5.31. The van der Waals surface area contributed by atoms with Gasteiger partial charge in [-0.15, -0.1) is 0 Å². The number of benzene rings is 2. The van der Waals surface area contributed by atoms with Gasteiger partial charge in [0.2, 0.25) is 5.91 Å². The van der Waals surface area contributed by atoms with Crippen molar-refractivity contribution in [1.29, 1.82) is 0 Å². The number of hydrogen-bond donors (Lipinski definition) is 2. The summed E-state index contributed by atoms with van der Waals surface area (Å²) in [5.74, 6) is 0.952. The summed E-state index contributed by atoms with van der Waals surface area (Å²) in [6.07, 6.45) is 2.15. The van der Waals surface area contributed by atoms with Crippen LogP contribution in [0.2, 0.25) is 0 Å². The van der Waals surface area contributed by atoms with Gasteiger partial charge in [0, 0.05) is 64.2 Å². The van der Waals surface area contributed by atoms with Gasteiger partial charge in [0.25, 0.3) is 5.91 Å². The van der Waals surface area contributed by atoms with E-state index in [-0.39, 0.29) is 23.1 Å². The SMILES string of the molecule is COCCCNC(=O)c1cc(NC(=O)CC(C)CC(C)(C)C)ccc1N1CCN(c2ccccc2OC)CC1. The van der Waals surface area contributed by atoms with Gasteiger partial charge in [-0.1, -0.05) is 39.8 Å². The summed E-state index contributed by atoms with van der Waals surface area (Å²) in [7, 11) is 3.34. The maximum atomic E-state index is 13.3. The second kappa shape index (κ2) is 14.2. The van der Waals surface area contributed by atoms with Crippen LogP contribution < -0.4 is 25.2 Å². The molecule has 1 unspecified atom stereocenters. The van der Waals surface area contributed by atoms with Crippen LogP contribution in [0, 0.1) is 11.3 Å². The average molecular weight is 539 g/mol. The minimum Gasteiger partial charge on any atom is -0.495 e. The zero-order chi connectivity index (χ0) is 28.4. The minimum atomic E-state index is -0.148. The van der Waals surface area contributed by atoms with Crippen molar-refractivity contribution in [3.8, 4) is 5.75 Å². The van der Waals surface area contributed by atoms with Gasteiger partial charge in [0.05, 0.1) is 18.4 Å². The summed E-state index contributed by atoms with van der Waals surface area (Å²) >= 11 is 0. The number of nitrogens with one attached hydrogen (secondary N) is 2. The van der Waals surface area contributed by atoms with Crippen LogP contribution in [0.5, 0.6) is 5.75 Å². The number of ether oxygens (including phenoxy) is 2. The van der Waals surface area contributed by atoms with E-state index in [0.717, 1.165) is 56.1 Å². The number of methoxy groups -OCH3 is 2. The van der Waals surface area contributed by atoms with E-state index in [1.165, 1.54) is 0 Å². The van der Waals surface area contributed by atoms with Crippen molar-refractivity contribution in [3.05, 3.63) is 48.0 Å². The first-order chi connectivity index (χ1) is 18.6. The van der Waals surface area contributed by atoms with E-state index in [4.69, 9.17) is 9.47 Å². The summed E-state index contributed by atoms with van der Waals surface area (Å²) in [5.41, 5.74) is 3.33. The highest BCUT2D eigenvalue weighted by Crippen LogP contribution is 2.31. The highest BCUT2D eigenvalue weighted by Gasteiger charge is 2.24. The Morgan fingerprint density at radius 3 is 2.28 bits per heavy atom. The second-order valence-electron chi connectivity index (χ2n) is 11.6. The molecule has 1 heterocycles. The van der Waals surface area contributed by atoms with Gasteiger partial charge in [-0.05, 0) is 54.5 Å². The molecule has 0 bridgehead atoms. The molecule has 0 radical (unpaired) electrons. The molecule has 8 nitrogen and oxygen atoms in total. The lowest BCUT2D eigenvalue weighted by Crippen LogP contribution is -2.47. The number of para-hydroxylation sites is 2. The van der Waals surface area contributed by atoms with Crippen LogP contribution in [-0.2, 0) is 9.53 Å². The van der Waals surface area contributed by atoms with Crippen LogP contribution in [0.25, 0.3) is 0 Å². The van der Waals surface area contributed by atoms with Crippen LogP contribution >= 0.6 is 0 Å². The van der Waals surface area contributed by atoms with Crippen molar-refractivity contribution in [3.63, 3.8) is 0 Å². The van der Waals surface area contributed by atoms with Crippen LogP contribution in [-0.4, -0.2) is 65.4 Å². The third-order valence-electron chi connectivity index (χ3n) is 6.88. The number of rotatable bonds is 12. The van der Waals surface area contributed by atoms with E-state index in [1.54, 1.807) is 20.3 Å². The number of carbonyl (C=O) groups is 2. The van der Waals surface area contributed by atoms with E-state index in [9.17, 15) is 9.59 Å². The Labute approximate surface area is 234 Å². The fourth-order valence-corrected chi connectivity index (χ4v) is 5.31. The van der Waals surface area contributed by atoms with Gasteiger partial charge in [0.1, 0.15) is 5.75 Å². The van der Waals surface area contributed by atoms with Crippen molar-refractivity contribution in [2.45, 2.75) is 47.0 Å². The number of piperazine rings is 1. The van der Waals surface area contributed by atoms with Crippen molar-refractivity contribution in [1.82, 2.24) is 5.32 Å². The zero-order valence-electron chi connectivity index (χ0n) is 24.5. The van der Waals surface area contributed by atoms with E-state index in [1.807, 2.05) is 30.3 Å². The van der Waals surface area contributed by atoms with Gasteiger partial charge >= 0.3 is 0 Å². The number of amides is 2. The van der Waals surface area contributed by atoms with Crippen LogP contribution in [0.15, 0.2) is 42.5 Å². The molecule has 0 spiro atoms. The molecule has 0 aliphatic carbocycles. The van der Waals surface area contributed by atoms with Crippen LogP contribution in [0.1, 0.15) is 57.3 Å². The summed E-state index contributed by atoms with van der Waals surface area (Å²) in [6, 6.07) is 13.7. The first kappa shape index (κ1) is 30.3. The standard InChI is InChI=1S/C31H46N4O4/c1-23(22-31(2,3)4)20-29(36)33-24-12-13-26(25(21-24)30(37)32-14-9-19-38-5)34-15-17-35(18-16-34)27-10-7-8-11-28(27)39-6/h7-8,10-13,21,23H,9,14-20,22H2,1-6H3,(H,32,37)(H,33,36). The summed E-state index contributed by atoms with van der Waals surface area (Å²) in [6.45, 7) is 12.9. The molecule has 1 saturated heterocycles. The molecule has 1 aliphatic rings. The molecule has 0 saturated carbocycles. The van der Waals surface area contributed by atoms with Crippen LogP contribution in [0.4, 0.5) is 17.1 Å². The molecule has 214 valence electrons. The lowest BCUT2D eigenvalue weighted by atomic mass is 9.84. The van der Waals surface area contributed by atoms with Gasteiger partial charge in [-0.2, -0.15) is 0 Å². The van der Waals surface area contributed by atoms with E-state index >= 15 is 0 Å². The zero-order valence-corrected chi connectivity index (χ0v) is 24.5. The normalized spacial score (nSPS) is 14.6. The lowest BCUT2D eigenvalue weighted by Gasteiger charge is -2.38. The molecular weight excluding hydrogens is 492 g/mol. The van der Waals surface area contributed by atoms with Gasteiger partial charge < -0.3 is 29.9 Å². The number of hydrogen-bond acceptors (Lipinski definition) is 6. The molecule has 0 aromatic heterocycles. The second-order valence-corrected chi connectivity index (χ2v) is 11.6. The van der Waals surface area contributed by atoms with Gasteiger partial charge in [-0.3, -0.25) is 9.59 Å². The largest absolute Gasteiger partial charge is 0.495 e. The topological polar surface area (TPSA) is 83.1 Å². The third-order valence-corrected chi connectivity index (χ3v) is 6.88. The first-order valence-electron chi connectivity index (χ1n) is 13.9. The maximum absolute atomic E-state index is 13.3. The van der Waals surface area contributed by atoms with E-state index < -0.39 is 0 Å². The molecule has 2 amide bonds. The fraction of sp³-hybridized carbons (Fsp3) is 0.548. The first-order valence-corrected chi connectivity index (χ1v) is 13.9. The van der Waals surface area contributed by atoms with Crippen molar-refractivity contribution < 1.29 is 19.1 Å². The van der Waals surface area contributed by atoms with E-state index in [0.29, 0.717) is 30.8 Å². The molecule has 2 N–H and O–H groups in total. The van der Waals surface area contributed by atoms with E-state index in [2.05, 4.69) is 54.2 Å². The Morgan fingerprint density at radius 2 is 1.64 bits per heavy atom. The highest BCUT2D eigenvalue weighted by atomic mass is 16.5. The maximum Gasteiger partial charge on any atom is 0.253 e.